The number of aromatic nitrogens is 1. The van der Waals surface area contributed by atoms with E-state index in [9.17, 15) is 14.9 Å². The summed E-state index contributed by atoms with van der Waals surface area (Å²) in [6.07, 6.45) is 2.40. The van der Waals surface area contributed by atoms with Crippen LogP contribution in [-0.4, -0.2) is 36.5 Å². The number of thioether (sulfide) groups is 1. The highest BCUT2D eigenvalue weighted by atomic mass is 32.2. The molecule has 3 heterocycles. The lowest BCUT2D eigenvalue weighted by molar-refractivity contribution is -0.384. The fourth-order valence-electron chi connectivity index (χ4n) is 3.88. The molecule has 0 radical (unpaired) electrons. The monoisotopic (exact) mass is 464 g/mol. The predicted octanol–water partition coefficient (Wildman–Crippen LogP) is 4.98. The summed E-state index contributed by atoms with van der Waals surface area (Å²) >= 11 is 1.33. The van der Waals surface area contributed by atoms with Gasteiger partial charge in [-0.3, -0.25) is 20.3 Å². The molecule has 0 atom stereocenters. The molecule has 0 saturated carbocycles. The molecule has 0 aliphatic carbocycles. The van der Waals surface area contributed by atoms with Crippen LogP contribution in [0.2, 0.25) is 0 Å². The molecule has 2 aromatic rings. The van der Waals surface area contributed by atoms with Gasteiger partial charge in [-0.1, -0.05) is 19.9 Å². The minimum Gasteiger partial charge on any atom is -0.317 e. The average molecular weight is 465 g/mol. The number of amidine groups is 2. The van der Waals surface area contributed by atoms with Crippen molar-refractivity contribution in [2.45, 2.75) is 41.0 Å². The van der Waals surface area contributed by atoms with Crippen molar-refractivity contribution in [2.24, 2.45) is 16.0 Å². The molecule has 170 valence electrons. The van der Waals surface area contributed by atoms with Crippen molar-refractivity contribution in [1.82, 2.24) is 9.58 Å². The Kier molecular flexibility index (Phi) is 5.79. The molecule has 4 rings (SSSR count). The van der Waals surface area contributed by atoms with E-state index >= 15 is 0 Å². The standard InChI is InChI=1S/C23H24N6O3S/c1-12(2)8-20-26-28-21(24)18(22(30)25-23(28)33-20)10-16-9-14(4)27(15(16)5)19-11-17(29(31)32)7-6-13(19)3/h6-7,9-12,24H,8H2,1-5H3. The summed E-state index contributed by atoms with van der Waals surface area (Å²) in [6, 6.07) is 6.64. The van der Waals surface area contributed by atoms with Crippen LogP contribution in [0.3, 0.4) is 0 Å². The highest BCUT2D eigenvalue weighted by Gasteiger charge is 2.35. The Morgan fingerprint density at radius 3 is 2.64 bits per heavy atom. The summed E-state index contributed by atoms with van der Waals surface area (Å²) in [4.78, 5) is 27.8. The van der Waals surface area contributed by atoms with Gasteiger partial charge in [0.05, 0.1) is 16.2 Å². The van der Waals surface area contributed by atoms with Crippen LogP contribution in [0, 0.1) is 42.2 Å². The molecule has 2 aliphatic heterocycles. The van der Waals surface area contributed by atoms with E-state index in [-0.39, 0.29) is 17.1 Å². The second-order valence-electron chi connectivity index (χ2n) is 8.50. The van der Waals surface area contributed by atoms with E-state index in [4.69, 9.17) is 5.41 Å². The third-order valence-electron chi connectivity index (χ3n) is 5.49. The summed E-state index contributed by atoms with van der Waals surface area (Å²) < 4.78 is 1.92. The van der Waals surface area contributed by atoms with Crippen molar-refractivity contribution in [2.75, 3.05) is 0 Å². The van der Waals surface area contributed by atoms with Gasteiger partial charge in [0, 0.05) is 29.9 Å². The van der Waals surface area contributed by atoms with Gasteiger partial charge < -0.3 is 4.57 Å². The molecule has 9 nitrogen and oxygen atoms in total. The zero-order chi connectivity index (χ0) is 24.0. The first kappa shape index (κ1) is 22.7. The van der Waals surface area contributed by atoms with E-state index in [1.165, 1.54) is 22.8 Å². The van der Waals surface area contributed by atoms with Gasteiger partial charge in [0.1, 0.15) is 5.04 Å². The second kappa shape index (κ2) is 8.43. The van der Waals surface area contributed by atoms with Crippen LogP contribution in [0.4, 0.5) is 5.69 Å². The number of nitrogens with one attached hydrogen (secondary N) is 1. The number of amides is 1. The van der Waals surface area contributed by atoms with Gasteiger partial charge in [0.2, 0.25) is 5.17 Å². The fraction of sp³-hybridized carbons (Fsp3) is 0.304. The Morgan fingerprint density at radius 1 is 1.24 bits per heavy atom. The number of carbonyl (C=O) groups excluding carboxylic acids is 1. The number of hydrogen-bond donors (Lipinski definition) is 1. The molecule has 0 spiro atoms. The highest BCUT2D eigenvalue weighted by Crippen LogP contribution is 2.32. The molecular formula is C23H24N6O3S. The zero-order valence-electron chi connectivity index (χ0n) is 19.0. The Labute approximate surface area is 195 Å². The van der Waals surface area contributed by atoms with Gasteiger partial charge in [-0.25, -0.2) is 0 Å². The number of non-ortho nitro benzene ring substituents is 1. The van der Waals surface area contributed by atoms with Crippen molar-refractivity contribution in [3.05, 3.63) is 62.5 Å². The third-order valence-corrected chi connectivity index (χ3v) is 6.42. The Hall–Kier alpha value is -3.53. The molecule has 0 saturated heterocycles. The maximum Gasteiger partial charge on any atom is 0.283 e. The largest absolute Gasteiger partial charge is 0.317 e. The highest BCUT2D eigenvalue weighted by molar-refractivity contribution is 8.26. The second-order valence-corrected chi connectivity index (χ2v) is 9.54. The number of nitrogens with zero attached hydrogens (tertiary/aromatic N) is 5. The predicted molar refractivity (Wildman–Crippen MR) is 131 cm³/mol. The molecule has 33 heavy (non-hydrogen) atoms. The maximum atomic E-state index is 12.8. The molecule has 10 heteroatoms. The minimum absolute atomic E-state index is 0.00686. The number of rotatable bonds is 5. The normalized spacial score (nSPS) is 17.0. The molecular weight excluding hydrogens is 440 g/mol. The van der Waals surface area contributed by atoms with Crippen molar-refractivity contribution in [1.29, 1.82) is 5.41 Å². The van der Waals surface area contributed by atoms with Crippen molar-refractivity contribution in [3.63, 3.8) is 0 Å². The quantitative estimate of drug-likeness (QED) is 0.381. The number of aryl methyl sites for hydroxylation is 2. The number of fused-ring (bicyclic) bond motifs is 1. The van der Waals surface area contributed by atoms with Crippen LogP contribution in [0.25, 0.3) is 11.8 Å². The minimum atomic E-state index is -0.476. The van der Waals surface area contributed by atoms with Gasteiger partial charge in [0.15, 0.2) is 5.84 Å². The van der Waals surface area contributed by atoms with E-state index in [0.29, 0.717) is 16.8 Å². The van der Waals surface area contributed by atoms with Crippen molar-refractivity contribution < 1.29 is 9.72 Å². The number of hydrogen-bond acceptors (Lipinski definition) is 6. The van der Waals surface area contributed by atoms with E-state index in [1.54, 1.807) is 18.2 Å². The average Bonchev–Trinajstić information content (AvgIpc) is 3.24. The molecule has 1 amide bonds. The van der Waals surface area contributed by atoms with Gasteiger partial charge in [-0.05, 0) is 61.7 Å². The summed E-state index contributed by atoms with van der Waals surface area (Å²) in [5, 5.41) is 27.0. The number of carbonyl (C=O) groups is 1. The summed E-state index contributed by atoms with van der Waals surface area (Å²) in [5.74, 6) is -0.0792. The summed E-state index contributed by atoms with van der Waals surface area (Å²) in [7, 11) is 0. The topological polar surface area (TPSA) is 117 Å². The fourth-order valence-corrected chi connectivity index (χ4v) is 4.97. The van der Waals surface area contributed by atoms with E-state index in [1.807, 2.05) is 31.4 Å². The number of benzene rings is 1. The van der Waals surface area contributed by atoms with Gasteiger partial charge >= 0.3 is 0 Å². The molecule has 0 fully saturated rings. The van der Waals surface area contributed by atoms with Crippen LogP contribution in [0.5, 0.6) is 0 Å². The third kappa shape index (κ3) is 4.13. The lowest BCUT2D eigenvalue weighted by atomic mass is 10.1. The van der Waals surface area contributed by atoms with Crippen molar-refractivity contribution in [3.8, 4) is 5.69 Å². The van der Waals surface area contributed by atoms with Crippen LogP contribution in [-0.2, 0) is 4.79 Å². The Balaban J connectivity index is 1.74. The van der Waals surface area contributed by atoms with Crippen LogP contribution in [0.1, 0.15) is 42.8 Å². The van der Waals surface area contributed by atoms with E-state index in [2.05, 4.69) is 23.9 Å². The number of nitro groups is 1. The number of hydrazone groups is 1. The molecule has 1 N–H and O–H groups in total. The van der Waals surface area contributed by atoms with E-state index in [0.717, 1.165) is 34.0 Å². The zero-order valence-corrected chi connectivity index (χ0v) is 19.9. The van der Waals surface area contributed by atoms with Gasteiger partial charge in [-0.2, -0.15) is 15.1 Å². The van der Waals surface area contributed by atoms with Crippen molar-refractivity contribution >= 4 is 45.5 Å². The smallest absolute Gasteiger partial charge is 0.283 e. The summed E-state index contributed by atoms with van der Waals surface area (Å²) in [5.41, 5.74) is 4.16. The van der Waals surface area contributed by atoms with Crippen LogP contribution in [0.15, 0.2) is 39.9 Å². The van der Waals surface area contributed by atoms with Gasteiger partial charge in [-0.15, -0.1) is 0 Å². The SMILES string of the molecule is Cc1ccc([N+](=O)[O-])cc1-n1c(C)cc(C=C2C(=N)N3N=C(CC(C)C)SC3=NC2=O)c1C. The van der Waals surface area contributed by atoms with Gasteiger partial charge in [0.25, 0.3) is 11.6 Å². The Bertz CT molecular complexity index is 1300. The summed E-state index contributed by atoms with van der Waals surface area (Å²) in [6.45, 7) is 9.85. The van der Waals surface area contributed by atoms with Crippen LogP contribution < -0.4 is 0 Å². The lowest BCUT2D eigenvalue weighted by Gasteiger charge is -2.20. The Morgan fingerprint density at radius 2 is 1.97 bits per heavy atom. The molecule has 1 aromatic heterocycles. The first-order valence-corrected chi connectivity index (χ1v) is 11.3. The van der Waals surface area contributed by atoms with Crippen LogP contribution >= 0.6 is 11.8 Å². The maximum absolute atomic E-state index is 12.8. The van der Waals surface area contributed by atoms with E-state index < -0.39 is 10.8 Å². The lowest BCUT2D eigenvalue weighted by Crippen LogP contribution is -2.35. The molecule has 0 bridgehead atoms. The first-order valence-electron chi connectivity index (χ1n) is 10.5. The molecule has 0 unspecified atom stereocenters. The number of aliphatic imine (C=N–C) groups is 1. The molecule has 2 aliphatic rings. The number of nitro benzene ring substituents is 1. The first-order chi connectivity index (χ1) is 15.6. The molecule has 1 aromatic carbocycles.